The van der Waals surface area contributed by atoms with Crippen LogP contribution in [0.5, 0.6) is 5.75 Å². The second-order valence-corrected chi connectivity index (χ2v) is 7.59. The number of rotatable bonds is 3. The number of nitrogens with two attached hydrogens (primary N) is 1. The van der Waals surface area contributed by atoms with E-state index >= 15 is 0 Å². The maximum atomic E-state index is 13.1. The van der Waals surface area contributed by atoms with Gasteiger partial charge in [-0.1, -0.05) is 31.9 Å². The van der Waals surface area contributed by atoms with Crippen LogP contribution in [0.25, 0.3) is 11.1 Å². The van der Waals surface area contributed by atoms with E-state index in [4.69, 9.17) is 29.5 Å². The zero-order valence-corrected chi connectivity index (χ0v) is 22.7. The average Bonchev–Trinajstić information content (AvgIpc) is 3.07. The van der Waals surface area contributed by atoms with Gasteiger partial charge in [-0.2, -0.15) is 0 Å². The molecule has 13 heteroatoms. The number of anilines is 1. The molecule has 1 aromatic heterocycles. The van der Waals surface area contributed by atoms with Gasteiger partial charge in [-0.3, -0.25) is 0 Å². The van der Waals surface area contributed by atoms with Crippen LogP contribution in [-0.4, -0.2) is 42.9 Å². The van der Waals surface area contributed by atoms with Crippen molar-refractivity contribution in [3.05, 3.63) is 50.7 Å². The van der Waals surface area contributed by atoms with Gasteiger partial charge in [0.2, 0.25) is 0 Å². The molecular formula is C19H24Br2ErF2N2O6. The number of halogens is 4. The molecule has 0 fully saturated rings. The van der Waals surface area contributed by atoms with E-state index in [0.717, 1.165) is 0 Å². The zero-order valence-electron chi connectivity index (χ0n) is 17.7. The molecule has 1 heterocycles. The number of aromatic hydroxyl groups is 1. The Morgan fingerprint density at radius 3 is 1.91 bits per heavy atom. The molecule has 0 radical (unpaired) electrons. The average molecular weight is 741 g/mol. The van der Waals surface area contributed by atoms with Crippen LogP contribution >= 0.6 is 31.9 Å². The van der Waals surface area contributed by atoms with Crippen molar-refractivity contribution in [3.63, 3.8) is 0 Å². The van der Waals surface area contributed by atoms with Crippen molar-refractivity contribution >= 4 is 48.6 Å². The van der Waals surface area contributed by atoms with Crippen molar-refractivity contribution in [3.8, 4) is 5.75 Å². The first-order valence-corrected chi connectivity index (χ1v) is 9.86. The second-order valence-electron chi connectivity index (χ2n) is 5.76. The van der Waals surface area contributed by atoms with E-state index in [2.05, 4.69) is 36.8 Å². The van der Waals surface area contributed by atoms with Gasteiger partial charge >= 0.3 is 0 Å². The molecule has 3 aromatic rings. The van der Waals surface area contributed by atoms with Gasteiger partial charge in [0, 0.05) is 81.4 Å². The molecule has 0 aliphatic heterocycles. The summed E-state index contributed by atoms with van der Waals surface area (Å²) in [6.07, 6.45) is 0. The number of ether oxygens (including phenoxy) is 3. The molecule has 0 spiro atoms. The van der Waals surface area contributed by atoms with E-state index in [9.17, 15) is 8.78 Å². The predicted octanol–water partition coefficient (Wildman–Crippen LogP) is 4.69. The molecule has 0 unspecified atom stereocenters. The van der Waals surface area contributed by atoms with Gasteiger partial charge in [0.15, 0.2) is 23.1 Å². The van der Waals surface area contributed by atoms with Crippen LogP contribution < -0.4 is 5.73 Å². The fourth-order valence-corrected chi connectivity index (χ4v) is 2.72. The smallest absolute Gasteiger partial charge is 0.279 e. The molecule has 0 aliphatic rings. The molecule has 3 rings (SSSR count). The molecule has 5 N–H and O–H groups in total. The first-order valence-electron chi connectivity index (χ1n) is 8.27. The van der Waals surface area contributed by atoms with Crippen LogP contribution in [0.3, 0.4) is 0 Å². The van der Waals surface area contributed by atoms with Crippen molar-refractivity contribution in [2.75, 3.05) is 27.1 Å². The molecule has 0 aliphatic carbocycles. The topological polar surface area (TPSA) is 131 Å². The minimum Gasteiger partial charge on any atom is -0.506 e. The Balaban J connectivity index is 0. The van der Waals surface area contributed by atoms with Crippen LogP contribution in [0.15, 0.2) is 37.6 Å². The van der Waals surface area contributed by atoms with E-state index in [-0.39, 0.29) is 65.6 Å². The van der Waals surface area contributed by atoms with Gasteiger partial charge < -0.3 is 34.9 Å². The van der Waals surface area contributed by atoms with Crippen molar-refractivity contribution in [2.45, 2.75) is 19.8 Å². The number of oxazole rings is 1. The van der Waals surface area contributed by atoms with E-state index in [0.29, 0.717) is 20.4 Å². The number of hydrogen-bond donors (Lipinski definition) is 2. The Hall–Kier alpha value is -0.583. The van der Waals surface area contributed by atoms with Gasteiger partial charge in [-0.15, -0.1) is 0 Å². The summed E-state index contributed by atoms with van der Waals surface area (Å²) in [5.41, 5.74) is 5.64. The van der Waals surface area contributed by atoms with Gasteiger partial charge in [0.25, 0.3) is 5.97 Å². The van der Waals surface area contributed by atoms with E-state index < -0.39 is 11.8 Å². The summed E-state index contributed by atoms with van der Waals surface area (Å²) in [6.45, 7) is 3.38. The van der Waals surface area contributed by atoms with E-state index in [1.165, 1.54) is 39.5 Å². The largest absolute Gasteiger partial charge is 0.506 e. The summed E-state index contributed by atoms with van der Waals surface area (Å²) in [6, 6.07) is 5.58. The van der Waals surface area contributed by atoms with Crippen LogP contribution in [0, 0.1) is 55.9 Å². The Bertz CT molecular complexity index is 959. The normalized spacial score (nSPS) is 10.2. The molecule has 0 saturated heterocycles. The summed E-state index contributed by atoms with van der Waals surface area (Å²) in [4.78, 5) is 3.89. The summed E-state index contributed by atoms with van der Waals surface area (Å²) >= 11 is 6.16. The molecule has 0 saturated carbocycles. The number of phenolic OH excluding ortho intramolecular Hbond substituents is 1. The number of phenols is 1. The van der Waals surface area contributed by atoms with Crippen LogP contribution in [0.1, 0.15) is 12.8 Å². The van der Waals surface area contributed by atoms with E-state index in [1.54, 1.807) is 19.9 Å². The second kappa shape index (κ2) is 15.3. The van der Waals surface area contributed by atoms with Crippen molar-refractivity contribution < 1.29 is 75.3 Å². The third-order valence-corrected chi connectivity index (χ3v) is 4.62. The summed E-state index contributed by atoms with van der Waals surface area (Å²) in [7, 11) is 4.56. The molecule has 0 bridgehead atoms. The van der Waals surface area contributed by atoms with Crippen LogP contribution in [0.2, 0.25) is 0 Å². The minimum absolute atomic E-state index is 0. The number of hydrogen-bond acceptors (Lipinski definition) is 7. The zero-order chi connectivity index (χ0) is 23.1. The van der Waals surface area contributed by atoms with Crippen molar-refractivity contribution in [1.82, 2.24) is 4.98 Å². The molecule has 186 valence electrons. The Labute approximate surface area is 230 Å². The molecule has 0 amide bonds. The number of fused-ring (bicyclic) bond motifs is 1. The number of aryl methyl sites for hydroxylation is 1. The maximum Gasteiger partial charge on any atom is 0.279 e. The molecule has 8 nitrogen and oxygen atoms in total. The molecule has 32 heavy (non-hydrogen) atoms. The minimum atomic E-state index is -0.875. The van der Waals surface area contributed by atoms with Crippen molar-refractivity contribution in [1.29, 1.82) is 0 Å². The maximum absolute atomic E-state index is 13.1. The number of methoxy groups -OCH3 is 3. The van der Waals surface area contributed by atoms with E-state index in [1.807, 2.05) is 0 Å². The monoisotopic (exact) mass is 738 g/mol. The predicted molar refractivity (Wildman–Crippen MR) is 120 cm³/mol. The number of nitrogen functional groups attached to an aromatic ring is 1. The Kier molecular flexibility index (Phi) is 16.1. The third-order valence-electron chi connectivity index (χ3n) is 3.70. The quantitative estimate of drug-likeness (QED) is 0.227. The fourth-order valence-electron chi connectivity index (χ4n) is 1.89. The first kappa shape index (κ1) is 33.6. The summed E-state index contributed by atoms with van der Waals surface area (Å²) in [5, 5.41) is 8.89. The number of benzene rings is 2. The molecule has 0 atom stereocenters. The SMILES string of the molecule is COC(C)(OC)OC.Cc1nc2c(F)cc(Br)cc2o1.Nc1c(O)cc(Br)cc1F.O.[Er]. The molecular weight excluding hydrogens is 717 g/mol. The fraction of sp³-hybridized carbons (Fsp3) is 0.316. The third kappa shape index (κ3) is 10.1. The summed E-state index contributed by atoms with van der Waals surface area (Å²) < 4.78 is 46.3. The number of nitrogens with zero attached hydrogens (tertiary/aromatic N) is 1. The Morgan fingerprint density at radius 2 is 1.47 bits per heavy atom. The van der Waals surface area contributed by atoms with Gasteiger partial charge in [-0.05, 0) is 24.3 Å². The number of aromatic nitrogens is 1. The van der Waals surface area contributed by atoms with Crippen molar-refractivity contribution in [2.24, 2.45) is 0 Å². The standard InChI is InChI=1S/C8H5BrFNO.C6H5BrFNO.C5H12O3.Er.H2O/c1-4-11-8-6(10)2-5(9)3-7(8)12-4;7-3-1-4(8)6(9)5(10)2-3;1-5(6-2,7-3)8-4;;/h2-3H,1H3;1-2,10H,9H2;1-4H3;;1H2. The van der Waals surface area contributed by atoms with Crippen LogP contribution in [-0.2, 0) is 14.2 Å². The van der Waals surface area contributed by atoms with Crippen LogP contribution in [0.4, 0.5) is 14.5 Å². The van der Waals surface area contributed by atoms with Gasteiger partial charge in [0.05, 0.1) is 0 Å². The summed E-state index contributed by atoms with van der Waals surface area (Å²) in [5.74, 6) is -1.63. The first-order chi connectivity index (χ1) is 14.0. The van der Waals surface area contributed by atoms with Gasteiger partial charge in [-0.25, -0.2) is 13.8 Å². The van der Waals surface area contributed by atoms with Gasteiger partial charge in [0.1, 0.15) is 17.0 Å². The Morgan fingerprint density at radius 1 is 1.00 bits per heavy atom. The molecule has 2 aromatic carbocycles.